The van der Waals surface area contributed by atoms with Crippen molar-refractivity contribution in [3.05, 3.63) is 72.4 Å². The molecule has 5 aromatic heterocycles. The lowest BCUT2D eigenvalue weighted by Crippen LogP contribution is -2.29. The van der Waals surface area contributed by atoms with E-state index >= 15 is 0 Å². The zero-order chi connectivity index (χ0) is 21.5. The van der Waals surface area contributed by atoms with E-state index in [1.807, 2.05) is 24.4 Å². The number of hydrogen-bond donors (Lipinski definition) is 2. The SMILES string of the molecule is C[C@H](NC(=O)c1cc(-c2ccco2)nc2c(C(N)=O)ncn12)c1nnc2ccccn12. The van der Waals surface area contributed by atoms with E-state index in [2.05, 4.69) is 25.5 Å². The minimum absolute atomic E-state index is 0.0426. The minimum Gasteiger partial charge on any atom is -0.463 e. The normalized spacial score (nSPS) is 12.3. The Labute approximate surface area is 174 Å². The molecule has 5 heterocycles. The molecule has 31 heavy (non-hydrogen) atoms. The quantitative estimate of drug-likeness (QED) is 0.443. The maximum atomic E-state index is 13.2. The number of primary amides is 1. The van der Waals surface area contributed by atoms with Gasteiger partial charge in [0.25, 0.3) is 11.8 Å². The third-order valence-corrected chi connectivity index (χ3v) is 4.82. The lowest BCUT2D eigenvalue weighted by atomic mass is 10.2. The molecule has 154 valence electrons. The molecular weight excluding hydrogens is 400 g/mol. The molecule has 0 bridgehead atoms. The van der Waals surface area contributed by atoms with Gasteiger partial charge in [0.05, 0.1) is 12.3 Å². The van der Waals surface area contributed by atoms with Gasteiger partial charge in [-0.05, 0) is 37.3 Å². The van der Waals surface area contributed by atoms with Crippen LogP contribution in [0.15, 0.2) is 59.6 Å². The molecule has 0 saturated carbocycles. The molecule has 3 N–H and O–H groups in total. The molecule has 0 aliphatic carbocycles. The van der Waals surface area contributed by atoms with Gasteiger partial charge in [-0.1, -0.05) is 6.07 Å². The number of carbonyl (C=O) groups is 2. The number of amides is 2. The first-order chi connectivity index (χ1) is 15.0. The lowest BCUT2D eigenvalue weighted by molar-refractivity contribution is 0.0930. The molecule has 1 atom stereocenters. The third kappa shape index (κ3) is 3.08. The molecule has 0 aliphatic rings. The second-order valence-corrected chi connectivity index (χ2v) is 6.84. The molecule has 0 aliphatic heterocycles. The number of furan rings is 1. The van der Waals surface area contributed by atoms with Crippen LogP contribution in [0.5, 0.6) is 0 Å². The van der Waals surface area contributed by atoms with Crippen molar-refractivity contribution in [2.75, 3.05) is 0 Å². The maximum Gasteiger partial charge on any atom is 0.271 e. The van der Waals surface area contributed by atoms with E-state index in [4.69, 9.17) is 10.2 Å². The zero-order valence-corrected chi connectivity index (χ0v) is 16.3. The first-order valence-corrected chi connectivity index (χ1v) is 9.35. The number of nitrogens with one attached hydrogen (secondary N) is 1. The van der Waals surface area contributed by atoms with Crippen molar-refractivity contribution in [2.45, 2.75) is 13.0 Å². The van der Waals surface area contributed by atoms with Crippen LogP contribution < -0.4 is 11.1 Å². The van der Waals surface area contributed by atoms with E-state index in [1.165, 1.54) is 17.0 Å². The Hall–Kier alpha value is -4.54. The standard InChI is InChI=1S/C20H16N8O3/c1-11(18-26-25-15-6-2-3-7-27(15)18)23-20(30)13-9-12(14-5-4-8-31-14)24-19-16(17(21)29)22-10-28(13)19/h2-11H,1H3,(H2,21,29)(H,23,30)/t11-/m0/s1. The maximum absolute atomic E-state index is 13.2. The van der Waals surface area contributed by atoms with E-state index in [0.29, 0.717) is 22.9 Å². The van der Waals surface area contributed by atoms with Crippen LogP contribution >= 0.6 is 0 Å². The third-order valence-electron chi connectivity index (χ3n) is 4.82. The van der Waals surface area contributed by atoms with Gasteiger partial charge >= 0.3 is 0 Å². The largest absolute Gasteiger partial charge is 0.463 e. The lowest BCUT2D eigenvalue weighted by Gasteiger charge is -2.14. The van der Waals surface area contributed by atoms with Crippen molar-refractivity contribution >= 4 is 23.1 Å². The van der Waals surface area contributed by atoms with Crippen molar-refractivity contribution in [2.24, 2.45) is 5.73 Å². The summed E-state index contributed by atoms with van der Waals surface area (Å²) in [7, 11) is 0. The number of rotatable bonds is 5. The molecule has 5 aromatic rings. The predicted octanol–water partition coefficient (Wildman–Crippen LogP) is 1.62. The second kappa shape index (κ2) is 7.06. The fourth-order valence-electron chi connectivity index (χ4n) is 3.36. The van der Waals surface area contributed by atoms with Gasteiger partial charge in [0.1, 0.15) is 17.7 Å². The highest BCUT2D eigenvalue weighted by Crippen LogP contribution is 2.22. The summed E-state index contributed by atoms with van der Waals surface area (Å²) < 4.78 is 8.62. The average molecular weight is 416 g/mol. The van der Waals surface area contributed by atoms with Gasteiger partial charge in [-0.25, -0.2) is 9.97 Å². The van der Waals surface area contributed by atoms with Crippen LogP contribution in [0.1, 0.15) is 39.8 Å². The highest BCUT2D eigenvalue weighted by Gasteiger charge is 2.23. The first kappa shape index (κ1) is 18.5. The fraction of sp³-hybridized carbons (Fsp3) is 0.100. The van der Waals surface area contributed by atoms with Gasteiger partial charge in [-0.3, -0.25) is 18.4 Å². The Morgan fingerprint density at radius 3 is 2.81 bits per heavy atom. The second-order valence-electron chi connectivity index (χ2n) is 6.84. The Bertz CT molecular complexity index is 1430. The monoisotopic (exact) mass is 416 g/mol. The molecule has 11 nitrogen and oxygen atoms in total. The fourth-order valence-corrected chi connectivity index (χ4v) is 3.36. The van der Waals surface area contributed by atoms with Gasteiger partial charge in [0, 0.05) is 6.20 Å². The van der Waals surface area contributed by atoms with Crippen molar-refractivity contribution in [3.8, 4) is 11.5 Å². The van der Waals surface area contributed by atoms with Crippen LogP contribution in [0.3, 0.4) is 0 Å². The van der Waals surface area contributed by atoms with Crippen LogP contribution in [-0.2, 0) is 0 Å². The van der Waals surface area contributed by atoms with Crippen LogP contribution in [-0.4, -0.2) is 40.8 Å². The van der Waals surface area contributed by atoms with Crippen LogP contribution in [0.2, 0.25) is 0 Å². The Morgan fingerprint density at radius 1 is 1.16 bits per heavy atom. The summed E-state index contributed by atoms with van der Waals surface area (Å²) in [6.07, 6.45) is 4.65. The van der Waals surface area contributed by atoms with E-state index in [-0.39, 0.29) is 17.0 Å². The number of fused-ring (bicyclic) bond motifs is 2. The Balaban J connectivity index is 1.57. The number of imidazole rings is 1. The first-order valence-electron chi connectivity index (χ1n) is 9.35. The van der Waals surface area contributed by atoms with E-state index in [0.717, 1.165) is 0 Å². The molecule has 0 radical (unpaired) electrons. The smallest absolute Gasteiger partial charge is 0.271 e. The number of nitrogens with two attached hydrogens (primary N) is 1. The van der Waals surface area contributed by atoms with Crippen LogP contribution in [0.4, 0.5) is 0 Å². The number of aromatic nitrogens is 6. The van der Waals surface area contributed by atoms with E-state index < -0.39 is 17.9 Å². The summed E-state index contributed by atoms with van der Waals surface area (Å²) in [6.45, 7) is 1.80. The molecule has 0 fully saturated rings. The zero-order valence-electron chi connectivity index (χ0n) is 16.3. The number of nitrogens with zero attached hydrogens (tertiary/aromatic N) is 6. The number of pyridine rings is 1. The molecule has 0 saturated heterocycles. The number of carbonyl (C=O) groups excluding carboxylic acids is 2. The van der Waals surface area contributed by atoms with Crippen molar-refractivity contribution < 1.29 is 14.0 Å². The summed E-state index contributed by atoms with van der Waals surface area (Å²) in [5.74, 6) is -0.163. The van der Waals surface area contributed by atoms with Gasteiger partial charge < -0.3 is 15.5 Å². The van der Waals surface area contributed by atoms with Gasteiger partial charge in [0.2, 0.25) is 0 Å². The molecule has 5 rings (SSSR count). The van der Waals surface area contributed by atoms with Crippen molar-refractivity contribution in [3.63, 3.8) is 0 Å². The molecule has 0 spiro atoms. The molecule has 11 heteroatoms. The summed E-state index contributed by atoms with van der Waals surface area (Å²) in [5.41, 5.74) is 6.78. The summed E-state index contributed by atoms with van der Waals surface area (Å²) in [4.78, 5) is 33.4. The summed E-state index contributed by atoms with van der Waals surface area (Å²) >= 11 is 0. The van der Waals surface area contributed by atoms with E-state index in [9.17, 15) is 9.59 Å². The number of hydrogen-bond acceptors (Lipinski definition) is 7. The highest BCUT2D eigenvalue weighted by atomic mass is 16.3. The summed E-state index contributed by atoms with van der Waals surface area (Å²) in [6, 6.07) is 10.0. The Kier molecular flexibility index (Phi) is 4.21. The molecule has 0 aromatic carbocycles. The van der Waals surface area contributed by atoms with Crippen LogP contribution in [0, 0.1) is 0 Å². The molecule has 0 unspecified atom stereocenters. The predicted molar refractivity (Wildman–Crippen MR) is 108 cm³/mol. The topological polar surface area (TPSA) is 146 Å². The Morgan fingerprint density at radius 2 is 2.03 bits per heavy atom. The van der Waals surface area contributed by atoms with E-state index in [1.54, 1.807) is 29.5 Å². The molecule has 2 amide bonds. The van der Waals surface area contributed by atoms with Gasteiger partial charge in [0.15, 0.2) is 28.6 Å². The van der Waals surface area contributed by atoms with Crippen molar-refractivity contribution in [1.82, 2.24) is 34.3 Å². The average Bonchev–Trinajstić information content (AvgIpc) is 3.51. The summed E-state index contributed by atoms with van der Waals surface area (Å²) in [5, 5.41) is 11.2. The highest BCUT2D eigenvalue weighted by molar-refractivity contribution is 5.99. The van der Waals surface area contributed by atoms with Gasteiger partial charge in [-0.15, -0.1) is 10.2 Å². The molecular formula is C20H16N8O3. The van der Waals surface area contributed by atoms with Gasteiger partial charge in [-0.2, -0.15) is 0 Å². The van der Waals surface area contributed by atoms with Crippen molar-refractivity contribution in [1.29, 1.82) is 0 Å². The van der Waals surface area contributed by atoms with Crippen LogP contribution in [0.25, 0.3) is 22.7 Å². The minimum atomic E-state index is -0.749.